The van der Waals surface area contributed by atoms with Gasteiger partial charge >= 0.3 is 6.09 Å². The van der Waals surface area contributed by atoms with Gasteiger partial charge in [0.25, 0.3) is 17.5 Å². The Morgan fingerprint density at radius 2 is 1.79 bits per heavy atom. The molecule has 5 fully saturated rings. The van der Waals surface area contributed by atoms with Gasteiger partial charge < -0.3 is 25.0 Å². The maximum atomic E-state index is 14.9. The van der Waals surface area contributed by atoms with E-state index in [0.29, 0.717) is 29.7 Å². The Labute approximate surface area is 357 Å². The molecule has 0 radical (unpaired) electrons. The molecule has 8 rings (SSSR count). The zero-order chi connectivity index (χ0) is 44.0. The molecule has 2 aromatic rings. The van der Waals surface area contributed by atoms with E-state index in [1.165, 1.54) is 22.5 Å². The van der Waals surface area contributed by atoms with Gasteiger partial charge in [0.1, 0.15) is 29.8 Å². The molecular weight excluding hydrogens is 838 g/mol. The summed E-state index contributed by atoms with van der Waals surface area (Å²) < 4.78 is 69.6. The summed E-state index contributed by atoms with van der Waals surface area (Å²) in [5.41, 5.74) is -3.42. The highest BCUT2D eigenvalue weighted by atomic mass is 35.5. The summed E-state index contributed by atoms with van der Waals surface area (Å²) in [6, 6.07) is 1.78. The predicted octanol–water partition coefficient (Wildman–Crippen LogP) is 4.69. The molecule has 3 heterocycles. The number of nitrogens with one attached hydrogen (secondary N) is 3. The van der Waals surface area contributed by atoms with E-state index in [4.69, 9.17) is 21.1 Å². The summed E-state index contributed by atoms with van der Waals surface area (Å²) in [5, 5.41) is 5.85. The van der Waals surface area contributed by atoms with Gasteiger partial charge in [-0.15, -0.1) is 0 Å². The second-order valence-electron chi connectivity index (χ2n) is 19.2. The summed E-state index contributed by atoms with van der Waals surface area (Å²) >= 11 is 6.30. The monoisotopic (exact) mass is 890 g/mol. The van der Waals surface area contributed by atoms with Crippen LogP contribution in [0.4, 0.5) is 13.6 Å². The maximum Gasteiger partial charge on any atom is 0.408 e. The molecule has 4 amide bonds. The summed E-state index contributed by atoms with van der Waals surface area (Å²) in [6.07, 6.45) is 2.65. The van der Waals surface area contributed by atoms with Gasteiger partial charge in [-0.2, -0.15) is 4.98 Å². The van der Waals surface area contributed by atoms with Crippen LogP contribution >= 0.6 is 11.6 Å². The van der Waals surface area contributed by atoms with Crippen molar-refractivity contribution in [1.82, 2.24) is 29.8 Å². The van der Waals surface area contributed by atoms with Crippen molar-refractivity contribution in [3.8, 4) is 6.01 Å². The number of ether oxygens (including phenoxy) is 2. The van der Waals surface area contributed by atoms with Crippen LogP contribution in [0.25, 0.3) is 10.9 Å². The first-order chi connectivity index (χ1) is 28.6. The third kappa shape index (κ3) is 7.88. The van der Waals surface area contributed by atoms with Crippen LogP contribution in [0.15, 0.2) is 35.1 Å². The van der Waals surface area contributed by atoms with Gasteiger partial charge in [0.2, 0.25) is 28.3 Å². The van der Waals surface area contributed by atoms with Crippen molar-refractivity contribution in [2.24, 2.45) is 35.0 Å². The highest BCUT2D eigenvalue weighted by molar-refractivity contribution is 7.91. The summed E-state index contributed by atoms with van der Waals surface area (Å²) in [5.74, 6) is -4.75. The van der Waals surface area contributed by atoms with E-state index in [2.05, 4.69) is 15.6 Å². The largest absolute Gasteiger partial charge is 0.459 e. The molecule has 10 atom stereocenters. The van der Waals surface area contributed by atoms with Crippen LogP contribution in [-0.4, -0.2) is 94.2 Å². The molecule has 4 saturated carbocycles. The normalized spacial score (nSPS) is 34.0. The van der Waals surface area contributed by atoms with Crippen LogP contribution in [0.2, 0.25) is 5.02 Å². The first-order valence-electron chi connectivity index (χ1n) is 21.1. The number of carbonyl (C=O) groups is 4. The van der Waals surface area contributed by atoms with Gasteiger partial charge in [-0.3, -0.25) is 28.5 Å². The van der Waals surface area contributed by atoms with Gasteiger partial charge in [-0.05, 0) is 99.7 Å². The van der Waals surface area contributed by atoms with Crippen LogP contribution in [0.1, 0.15) is 86.0 Å². The van der Waals surface area contributed by atoms with Gasteiger partial charge in [0.05, 0.1) is 28.1 Å². The number of carbonyl (C=O) groups excluding carboxylic acids is 4. The Morgan fingerprint density at radius 3 is 2.43 bits per heavy atom. The lowest BCUT2D eigenvalue weighted by Crippen LogP contribution is -2.61. The molecule has 6 aliphatic rings. The SMILES string of the molecule is C[C@@H]1[C@@H]2CN(C(=O)[C@H](C(C)(C)C)NC(=O)O[C@@H]3C[C@@H]4CC[C@@H]4[C@H]3CC/C=C/Cn3c(nc4cc(Cl)ccc4c3=O)O2)[C@@H]1C(=O)N[C@]1(C(=O)NS(=O)(=O)C2(C)CC2)C[C@H]1C(F)F. The number of aromatic nitrogens is 2. The number of hydrogen-bond donors (Lipinski definition) is 3. The average molecular weight is 891 g/mol. The van der Waals surface area contributed by atoms with E-state index in [1.807, 2.05) is 16.9 Å². The summed E-state index contributed by atoms with van der Waals surface area (Å²) in [4.78, 5) is 76.9. The number of nitrogens with zero attached hydrogens (tertiary/aromatic N) is 3. The number of rotatable bonds is 6. The zero-order valence-corrected chi connectivity index (χ0v) is 36.4. The van der Waals surface area contributed by atoms with Crippen LogP contribution in [0, 0.1) is 35.0 Å². The molecule has 4 aliphatic carbocycles. The van der Waals surface area contributed by atoms with Crippen molar-refractivity contribution in [2.75, 3.05) is 6.54 Å². The molecule has 1 aromatic heterocycles. The van der Waals surface area contributed by atoms with Crippen LogP contribution in [0.5, 0.6) is 6.01 Å². The fourth-order valence-corrected chi connectivity index (χ4v) is 11.3. The van der Waals surface area contributed by atoms with Crippen molar-refractivity contribution in [1.29, 1.82) is 0 Å². The van der Waals surface area contributed by atoms with Gasteiger partial charge in [-0.1, -0.05) is 51.4 Å². The molecule has 15 nitrogen and oxygen atoms in total. The Bertz CT molecular complexity index is 2350. The van der Waals surface area contributed by atoms with Crippen LogP contribution in [-0.2, 0) is 35.7 Å². The van der Waals surface area contributed by atoms with Gasteiger partial charge in [-0.25, -0.2) is 22.0 Å². The van der Waals surface area contributed by atoms with E-state index in [-0.39, 0.29) is 54.9 Å². The van der Waals surface area contributed by atoms with E-state index in [1.54, 1.807) is 39.8 Å². The van der Waals surface area contributed by atoms with E-state index in [0.717, 1.165) is 19.3 Å². The second kappa shape index (κ2) is 15.5. The highest BCUT2D eigenvalue weighted by Crippen LogP contribution is 2.53. The number of alkyl carbamates (subject to hydrolysis) is 1. The number of alkyl halides is 2. The lowest BCUT2D eigenvalue weighted by Gasteiger charge is -2.36. The molecule has 19 heteroatoms. The first-order valence-corrected chi connectivity index (χ1v) is 23.0. The molecule has 2 aliphatic heterocycles. The van der Waals surface area contributed by atoms with Crippen molar-refractivity contribution in [2.45, 2.75) is 134 Å². The van der Waals surface area contributed by atoms with E-state index < -0.39 is 98.0 Å². The molecule has 61 heavy (non-hydrogen) atoms. The number of amides is 4. The summed E-state index contributed by atoms with van der Waals surface area (Å²) in [7, 11) is -4.27. The molecule has 3 N–H and O–H groups in total. The van der Waals surface area contributed by atoms with Crippen molar-refractivity contribution in [3.05, 3.63) is 45.7 Å². The third-order valence-electron chi connectivity index (χ3n) is 14.2. The Morgan fingerprint density at radius 1 is 1.05 bits per heavy atom. The second-order valence-corrected chi connectivity index (χ2v) is 21.9. The first kappa shape index (κ1) is 43.3. The van der Waals surface area contributed by atoms with Gasteiger partial charge in [0, 0.05) is 17.5 Å². The lowest BCUT2D eigenvalue weighted by molar-refractivity contribution is -0.143. The molecule has 1 saturated heterocycles. The van der Waals surface area contributed by atoms with E-state index in [9.17, 15) is 41.2 Å². The Kier molecular flexibility index (Phi) is 11.0. The molecule has 1 aromatic carbocycles. The van der Waals surface area contributed by atoms with Crippen molar-refractivity contribution >= 4 is 56.3 Å². The minimum absolute atomic E-state index is 0.0626. The van der Waals surface area contributed by atoms with Gasteiger partial charge in [0.15, 0.2) is 0 Å². The Balaban J connectivity index is 1.18. The maximum absolute atomic E-state index is 14.9. The number of hydrogen-bond acceptors (Lipinski definition) is 10. The minimum Gasteiger partial charge on any atom is -0.459 e. The van der Waals surface area contributed by atoms with Crippen LogP contribution in [0.3, 0.4) is 0 Å². The zero-order valence-electron chi connectivity index (χ0n) is 34.8. The standard InChI is InChI=1S/C42H53ClF2N6O9S/c1-21-30-20-51(31(21)34(52)48-42(19-27(42)33(44)45)37(55)49-61(57,58)41(5)14-15-41)36(54)32(40(2,3)4)47-39(56)60-29-17-22-10-12-24(22)25(29)9-7-6-8-16-50-35(53)26-13-11-23(43)18-28(26)46-38(50)59-30/h6,8,11,13,18,21-22,24-25,27,29-33H,7,9-10,12,14-17,19-20H2,1-5H3,(H,47,56)(H,48,52)(H,49,55)/b8-6+/t21-,22+,24+,25-,27+,29-,30+,31+,32-,42-/m1/s1. The topological polar surface area (TPSA) is 195 Å². The lowest BCUT2D eigenvalue weighted by atomic mass is 9.71. The summed E-state index contributed by atoms with van der Waals surface area (Å²) in [6.45, 7) is 7.99. The minimum atomic E-state index is -4.27. The molecule has 0 unspecified atom stereocenters. The Hall–Kier alpha value is -4.32. The molecule has 0 spiro atoms. The molecule has 2 bridgehead atoms. The number of allylic oxidation sites excluding steroid dienone is 2. The number of fused-ring (bicyclic) bond motifs is 7. The number of benzene rings is 1. The fourth-order valence-electron chi connectivity index (χ4n) is 9.83. The van der Waals surface area contributed by atoms with E-state index >= 15 is 0 Å². The van der Waals surface area contributed by atoms with Crippen molar-refractivity contribution < 1.29 is 45.9 Å². The fraction of sp³-hybridized carbons (Fsp3) is 0.667. The predicted molar refractivity (Wildman–Crippen MR) is 219 cm³/mol. The third-order valence-corrected chi connectivity index (χ3v) is 16.6. The van der Waals surface area contributed by atoms with Crippen molar-refractivity contribution in [3.63, 3.8) is 0 Å². The number of halogens is 3. The smallest absolute Gasteiger partial charge is 0.408 e. The highest BCUT2D eigenvalue weighted by Gasteiger charge is 2.67. The molecule has 332 valence electrons. The number of sulfonamides is 1. The molecular formula is C42H53ClF2N6O9S. The average Bonchev–Trinajstić information content (AvgIpc) is 4.05. The van der Waals surface area contributed by atoms with Crippen LogP contribution < -0.4 is 25.7 Å². The quantitative estimate of drug-likeness (QED) is 0.343.